The van der Waals surface area contributed by atoms with Gasteiger partial charge in [-0.15, -0.1) is 0 Å². The van der Waals surface area contributed by atoms with Crippen LogP contribution in [0.25, 0.3) is 5.69 Å². The summed E-state index contributed by atoms with van der Waals surface area (Å²) in [5.41, 5.74) is 2.30. The molecule has 0 aliphatic carbocycles. The lowest BCUT2D eigenvalue weighted by molar-refractivity contribution is 0.223. The summed E-state index contributed by atoms with van der Waals surface area (Å²) in [6, 6.07) is 11.0. The van der Waals surface area contributed by atoms with E-state index in [1.165, 1.54) is 12.0 Å². The summed E-state index contributed by atoms with van der Waals surface area (Å²) in [6.45, 7) is 9.58. The minimum absolute atomic E-state index is 0.631. The number of hydrogen-bond acceptors (Lipinski definition) is 3. The summed E-state index contributed by atoms with van der Waals surface area (Å²) in [6.07, 6.45) is 4.96. The van der Waals surface area contributed by atoms with Gasteiger partial charge in [0, 0.05) is 45.1 Å². The summed E-state index contributed by atoms with van der Waals surface area (Å²) < 4.78 is 1.88. The summed E-state index contributed by atoms with van der Waals surface area (Å²) in [7, 11) is 1.87. The molecule has 3 rings (SSSR count). The predicted octanol–water partition coefficient (Wildman–Crippen LogP) is 2.36. The molecule has 1 atom stereocenters. The molecule has 1 fully saturated rings. The molecular formula is C20H30N6. The Morgan fingerprint density at radius 2 is 2.15 bits per heavy atom. The fraction of sp³-hybridized carbons (Fsp3) is 0.500. The highest BCUT2D eigenvalue weighted by Crippen LogP contribution is 2.16. The lowest BCUT2D eigenvalue weighted by atomic mass is 10.2. The van der Waals surface area contributed by atoms with Crippen LogP contribution in [0.3, 0.4) is 0 Å². The maximum Gasteiger partial charge on any atom is 0.193 e. The van der Waals surface area contributed by atoms with E-state index in [-0.39, 0.29) is 0 Å². The Labute approximate surface area is 156 Å². The molecule has 6 heteroatoms. The number of aromatic nitrogens is 2. The van der Waals surface area contributed by atoms with Crippen LogP contribution in [-0.2, 0) is 6.54 Å². The summed E-state index contributed by atoms with van der Waals surface area (Å²) in [5, 5.41) is 7.83. The third kappa shape index (κ3) is 4.25. The van der Waals surface area contributed by atoms with E-state index in [4.69, 9.17) is 0 Å². The van der Waals surface area contributed by atoms with Crippen LogP contribution >= 0.6 is 0 Å². The van der Waals surface area contributed by atoms with Gasteiger partial charge in [0.05, 0.1) is 5.69 Å². The molecule has 1 aromatic carbocycles. The molecule has 0 spiro atoms. The summed E-state index contributed by atoms with van der Waals surface area (Å²) in [5.74, 6) is 0.990. The zero-order valence-corrected chi connectivity index (χ0v) is 16.1. The number of rotatable bonds is 6. The number of aliphatic imine (C=N–C) groups is 1. The van der Waals surface area contributed by atoms with E-state index in [1.807, 2.05) is 24.0 Å². The van der Waals surface area contributed by atoms with Crippen molar-refractivity contribution in [3.63, 3.8) is 0 Å². The number of likely N-dealkylation sites (N-methyl/N-ethyl adjacent to an activating group) is 1. The Bertz CT molecular complexity index is 705. The molecule has 0 saturated carbocycles. The van der Waals surface area contributed by atoms with Crippen LogP contribution in [-0.4, -0.2) is 64.8 Å². The molecule has 2 heterocycles. The molecule has 1 aliphatic rings. The molecular weight excluding hydrogens is 324 g/mol. The molecule has 1 N–H and O–H groups in total. The van der Waals surface area contributed by atoms with Crippen LogP contribution in [0, 0.1) is 0 Å². The van der Waals surface area contributed by atoms with Crippen LogP contribution in [0.5, 0.6) is 0 Å². The second-order valence-corrected chi connectivity index (χ2v) is 6.63. The van der Waals surface area contributed by atoms with Crippen molar-refractivity contribution < 1.29 is 0 Å². The molecule has 2 aromatic rings. The lowest BCUT2D eigenvalue weighted by Gasteiger charge is -2.27. The lowest BCUT2D eigenvalue weighted by Crippen LogP contribution is -2.43. The van der Waals surface area contributed by atoms with Crippen molar-refractivity contribution in [1.29, 1.82) is 0 Å². The van der Waals surface area contributed by atoms with E-state index in [2.05, 4.69) is 63.3 Å². The van der Waals surface area contributed by atoms with Gasteiger partial charge >= 0.3 is 0 Å². The smallest absolute Gasteiger partial charge is 0.193 e. The van der Waals surface area contributed by atoms with Gasteiger partial charge in [-0.05, 0) is 43.3 Å². The highest BCUT2D eigenvalue weighted by Gasteiger charge is 2.27. The van der Waals surface area contributed by atoms with E-state index in [1.54, 1.807) is 6.20 Å². The van der Waals surface area contributed by atoms with Crippen molar-refractivity contribution in [3.8, 4) is 5.69 Å². The first-order chi connectivity index (χ1) is 12.7. The maximum atomic E-state index is 4.50. The van der Waals surface area contributed by atoms with Gasteiger partial charge in [0.25, 0.3) is 0 Å². The Kier molecular flexibility index (Phi) is 6.28. The Morgan fingerprint density at radius 1 is 1.31 bits per heavy atom. The van der Waals surface area contributed by atoms with E-state index in [0.29, 0.717) is 6.04 Å². The topological polar surface area (TPSA) is 48.7 Å². The monoisotopic (exact) mass is 354 g/mol. The molecule has 1 aliphatic heterocycles. The van der Waals surface area contributed by atoms with Crippen LogP contribution in [0.1, 0.15) is 25.8 Å². The summed E-state index contributed by atoms with van der Waals surface area (Å²) >= 11 is 0. The number of likely N-dealkylation sites (tertiary alicyclic amines) is 1. The molecule has 1 unspecified atom stereocenters. The first-order valence-corrected chi connectivity index (χ1v) is 9.53. The van der Waals surface area contributed by atoms with Gasteiger partial charge < -0.3 is 10.2 Å². The van der Waals surface area contributed by atoms with E-state index in [0.717, 1.165) is 44.4 Å². The van der Waals surface area contributed by atoms with Crippen LogP contribution in [0.15, 0.2) is 47.7 Å². The van der Waals surface area contributed by atoms with Gasteiger partial charge in [-0.1, -0.05) is 26.0 Å². The Morgan fingerprint density at radius 3 is 2.85 bits per heavy atom. The summed E-state index contributed by atoms with van der Waals surface area (Å²) in [4.78, 5) is 9.42. The number of nitrogens with zero attached hydrogens (tertiary/aromatic N) is 5. The van der Waals surface area contributed by atoms with Crippen molar-refractivity contribution in [3.05, 3.63) is 48.3 Å². The molecule has 26 heavy (non-hydrogen) atoms. The molecule has 1 saturated heterocycles. The van der Waals surface area contributed by atoms with Gasteiger partial charge in [0.1, 0.15) is 0 Å². The molecule has 6 nitrogen and oxygen atoms in total. The van der Waals surface area contributed by atoms with Crippen LogP contribution in [0.4, 0.5) is 0 Å². The standard InChI is InChI=1S/C20H30N6/c1-4-24(5-2)19-10-13-25(16-19)20(21-3)22-15-17-8-6-9-18(14-17)26-12-7-11-23-26/h6-9,11-12,14,19H,4-5,10,13,15-16H2,1-3H3,(H,21,22). The largest absolute Gasteiger partial charge is 0.352 e. The molecule has 0 bridgehead atoms. The van der Waals surface area contributed by atoms with Gasteiger partial charge in [-0.25, -0.2) is 4.68 Å². The molecule has 140 valence electrons. The fourth-order valence-corrected chi connectivity index (χ4v) is 3.72. The van der Waals surface area contributed by atoms with Gasteiger partial charge in [-0.3, -0.25) is 9.89 Å². The van der Waals surface area contributed by atoms with Crippen molar-refractivity contribution in [2.45, 2.75) is 32.9 Å². The van der Waals surface area contributed by atoms with Crippen LogP contribution in [0.2, 0.25) is 0 Å². The second kappa shape index (κ2) is 8.85. The zero-order valence-electron chi connectivity index (χ0n) is 16.1. The molecule has 0 radical (unpaired) electrons. The number of hydrogen-bond donors (Lipinski definition) is 1. The first kappa shape index (κ1) is 18.5. The van der Waals surface area contributed by atoms with Gasteiger partial charge in [0.2, 0.25) is 0 Å². The molecule has 0 amide bonds. The Balaban J connectivity index is 1.59. The highest BCUT2D eigenvalue weighted by molar-refractivity contribution is 5.80. The number of guanidine groups is 1. The van der Waals surface area contributed by atoms with Crippen LogP contribution < -0.4 is 5.32 Å². The minimum Gasteiger partial charge on any atom is -0.352 e. The van der Waals surface area contributed by atoms with Crippen molar-refractivity contribution in [2.24, 2.45) is 4.99 Å². The zero-order chi connectivity index (χ0) is 18.4. The average molecular weight is 355 g/mol. The van der Waals surface area contributed by atoms with Gasteiger partial charge in [-0.2, -0.15) is 5.10 Å². The predicted molar refractivity (Wildman–Crippen MR) is 107 cm³/mol. The van der Waals surface area contributed by atoms with Crippen molar-refractivity contribution in [1.82, 2.24) is 24.9 Å². The minimum atomic E-state index is 0.631. The number of benzene rings is 1. The normalized spacial score (nSPS) is 17.9. The van der Waals surface area contributed by atoms with E-state index < -0.39 is 0 Å². The fourth-order valence-electron chi connectivity index (χ4n) is 3.72. The quantitative estimate of drug-likeness (QED) is 0.639. The van der Waals surface area contributed by atoms with E-state index in [9.17, 15) is 0 Å². The Hall–Kier alpha value is -2.34. The van der Waals surface area contributed by atoms with Crippen molar-refractivity contribution >= 4 is 5.96 Å². The SMILES string of the molecule is CCN(CC)C1CCN(C(=NC)NCc2cccc(-n3cccn3)c2)C1. The third-order valence-corrected chi connectivity index (χ3v) is 5.13. The van der Waals surface area contributed by atoms with Crippen molar-refractivity contribution in [2.75, 3.05) is 33.2 Å². The van der Waals surface area contributed by atoms with E-state index >= 15 is 0 Å². The number of nitrogens with one attached hydrogen (secondary N) is 1. The average Bonchev–Trinajstić information content (AvgIpc) is 3.36. The molecule has 1 aromatic heterocycles. The first-order valence-electron chi connectivity index (χ1n) is 9.53. The second-order valence-electron chi connectivity index (χ2n) is 6.63. The van der Waals surface area contributed by atoms with Gasteiger partial charge in [0.15, 0.2) is 5.96 Å². The highest BCUT2D eigenvalue weighted by atomic mass is 15.3. The maximum absolute atomic E-state index is 4.50. The third-order valence-electron chi connectivity index (χ3n) is 5.13.